The SMILES string of the molecule is Clc1nc(-c2cccc(-c3cccc4ccccc34)c2)nc(-c2ccccc2-c2ccccc2)n1.OB(O)c1cccc2c1sc1ccccc12.c1ccc(-c2ccccc2-c2nc(-c3cccc(-c4cccc5ccccc45)c3)nc(-c3cccc4c3sc3ccccc34)n2)cc1. The van der Waals surface area contributed by atoms with E-state index in [0.717, 1.165) is 71.3 Å². The number of halogens is 1. The Labute approximate surface area is 579 Å². The molecular formula is C86H56BClN6O2S2. The summed E-state index contributed by atoms with van der Waals surface area (Å²) >= 11 is 9.80. The lowest BCUT2D eigenvalue weighted by molar-refractivity contribution is 0.426. The molecule has 0 aliphatic heterocycles. The second kappa shape index (κ2) is 27.2. The van der Waals surface area contributed by atoms with Crippen LogP contribution in [-0.4, -0.2) is 47.1 Å². The van der Waals surface area contributed by atoms with Crippen molar-refractivity contribution in [1.82, 2.24) is 29.9 Å². The van der Waals surface area contributed by atoms with Crippen LogP contribution in [0.4, 0.5) is 0 Å². The van der Waals surface area contributed by atoms with Crippen molar-refractivity contribution in [3.8, 4) is 101 Å². The Morgan fingerprint density at radius 1 is 0.245 bits per heavy atom. The minimum Gasteiger partial charge on any atom is -0.423 e. The predicted molar refractivity (Wildman–Crippen MR) is 411 cm³/mol. The number of thiophene rings is 2. The molecule has 0 radical (unpaired) electrons. The van der Waals surface area contributed by atoms with Crippen LogP contribution in [0.1, 0.15) is 0 Å². The number of rotatable bonds is 10. The molecule has 2 N–H and O–H groups in total. The van der Waals surface area contributed by atoms with E-state index in [2.05, 4.69) is 247 Å². The van der Waals surface area contributed by atoms with E-state index in [0.29, 0.717) is 34.6 Å². The molecule has 464 valence electrons. The summed E-state index contributed by atoms with van der Waals surface area (Å²) in [4.78, 5) is 29.4. The van der Waals surface area contributed by atoms with Gasteiger partial charge in [0.15, 0.2) is 29.1 Å². The molecule has 0 aliphatic rings. The monoisotopic (exact) mass is 1310 g/mol. The molecule has 4 heterocycles. The summed E-state index contributed by atoms with van der Waals surface area (Å²) in [5.41, 5.74) is 14.2. The first-order valence-corrected chi connectivity index (χ1v) is 34.2. The Morgan fingerprint density at radius 3 is 1.11 bits per heavy atom. The highest BCUT2D eigenvalue weighted by molar-refractivity contribution is 7.27. The molecule has 0 saturated carbocycles. The number of aromatic nitrogens is 6. The largest absolute Gasteiger partial charge is 0.489 e. The van der Waals surface area contributed by atoms with Gasteiger partial charge < -0.3 is 10.0 Å². The topological polar surface area (TPSA) is 118 Å². The summed E-state index contributed by atoms with van der Waals surface area (Å²) in [5, 5.41) is 28.4. The van der Waals surface area contributed by atoms with Gasteiger partial charge in [0.2, 0.25) is 5.28 Å². The van der Waals surface area contributed by atoms with Crippen molar-refractivity contribution in [2.24, 2.45) is 0 Å². The van der Waals surface area contributed by atoms with Gasteiger partial charge in [0.25, 0.3) is 0 Å². The Hall–Kier alpha value is -11.7. The molecule has 18 rings (SSSR count). The van der Waals surface area contributed by atoms with Crippen LogP contribution < -0.4 is 5.46 Å². The second-order valence-corrected chi connectivity index (χ2v) is 26.0. The summed E-state index contributed by atoms with van der Waals surface area (Å²) in [5.74, 6) is 3.06. The van der Waals surface area contributed by atoms with Crippen molar-refractivity contribution >= 4 is 109 Å². The highest BCUT2D eigenvalue weighted by atomic mass is 35.5. The quantitative estimate of drug-likeness (QED) is 0.130. The number of fused-ring (bicyclic) bond motifs is 8. The lowest BCUT2D eigenvalue weighted by atomic mass is 9.80. The maximum absolute atomic E-state index is 9.31. The van der Waals surface area contributed by atoms with Crippen molar-refractivity contribution in [2.45, 2.75) is 0 Å². The van der Waals surface area contributed by atoms with E-state index in [1.54, 1.807) is 28.7 Å². The first kappa shape index (κ1) is 61.2. The van der Waals surface area contributed by atoms with Crippen LogP contribution in [-0.2, 0) is 0 Å². The molecule has 12 heteroatoms. The summed E-state index contributed by atoms with van der Waals surface area (Å²) in [7, 11) is -1.41. The van der Waals surface area contributed by atoms with Gasteiger partial charge in [0, 0.05) is 62.8 Å². The van der Waals surface area contributed by atoms with Crippen LogP contribution in [0, 0.1) is 0 Å². The molecule has 98 heavy (non-hydrogen) atoms. The minimum atomic E-state index is -1.41. The van der Waals surface area contributed by atoms with Gasteiger partial charge in [-0.25, -0.2) is 19.9 Å². The Kier molecular flexibility index (Phi) is 17.0. The first-order valence-electron chi connectivity index (χ1n) is 32.1. The molecule has 0 unspecified atom stereocenters. The fraction of sp³-hybridized carbons (Fsp3) is 0. The van der Waals surface area contributed by atoms with E-state index < -0.39 is 7.12 Å². The van der Waals surface area contributed by atoms with Crippen molar-refractivity contribution in [3.63, 3.8) is 0 Å². The molecule has 0 fully saturated rings. The molecule has 0 spiro atoms. The molecule has 0 saturated heterocycles. The molecule has 0 amide bonds. The fourth-order valence-electron chi connectivity index (χ4n) is 12.9. The summed E-state index contributed by atoms with van der Waals surface area (Å²) < 4.78 is 4.56. The van der Waals surface area contributed by atoms with E-state index in [-0.39, 0.29) is 5.28 Å². The Bertz CT molecular complexity index is 5980. The van der Waals surface area contributed by atoms with Crippen molar-refractivity contribution in [1.29, 1.82) is 0 Å². The van der Waals surface area contributed by atoms with Crippen molar-refractivity contribution in [2.75, 3.05) is 0 Å². The van der Waals surface area contributed by atoms with Crippen molar-refractivity contribution in [3.05, 3.63) is 333 Å². The predicted octanol–water partition coefficient (Wildman–Crippen LogP) is 21.8. The van der Waals surface area contributed by atoms with E-state index in [1.807, 2.05) is 84.9 Å². The maximum atomic E-state index is 9.31. The van der Waals surface area contributed by atoms with Gasteiger partial charge in [-0.2, -0.15) is 9.97 Å². The van der Waals surface area contributed by atoms with E-state index in [9.17, 15) is 10.0 Å². The molecule has 8 nitrogen and oxygen atoms in total. The van der Waals surface area contributed by atoms with E-state index in [1.165, 1.54) is 62.9 Å². The second-order valence-electron chi connectivity index (χ2n) is 23.6. The van der Waals surface area contributed by atoms with Crippen LogP contribution >= 0.6 is 34.3 Å². The zero-order valence-electron chi connectivity index (χ0n) is 52.5. The Morgan fingerprint density at radius 2 is 0.571 bits per heavy atom. The average molecular weight is 1320 g/mol. The Balaban J connectivity index is 0.000000128. The van der Waals surface area contributed by atoms with Crippen molar-refractivity contribution < 1.29 is 10.0 Å². The van der Waals surface area contributed by atoms with Gasteiger partial charge in [0.1, 0.15) is 0 Å². The van der Waals surface area contributed by atoms with Crippen LogP contribution in [0.2, 0.25) is 5.28 Å². The highest BCUT2D eigenvalue weighted by Crippen LogP contribution is 2.42. The van der Waals surface area contributed by atoms with Gasteiger partial charge in [-0.15, -0.1) is 22.7 Å². The minimum absolute atomic E-state index is 0.170. The van der Waals surface area contributed by atoms with Gasteiger partial charge in [-0.1, -0.05) is 297 Å². The van der Waals surface area contributed by atoms with Gasteiger partial charge in [-0.05, 0) is 119 Å². The maximum Gasteiger partial charge on any atom is 0.489 e. The zero-order chi connectivity index (χ0) is 65.9. The lowest BCUT2D eigenvalue weighted by Crippen LogP contribution is -2.29. The van der Waals surface area contributed by atoms with Crippen LogP contribution in [0.25, 0.3) is 163 Å². The number of nitrogens with zero attached hydrogens (tertiary/aromatic N) is 6. The van der Waals surface area contributed by atoms with Gasteiger partial charge >= 0.3 is 7.12 Å². The standard InChI is InChI=1S/C43H27N3S.C31H20ClN3.C12H9BO2S/c1-2-13-28(14-3-1)33-20-6-7-22-37(33)42-44-41(31-18-10-17-30(27-31)34-23-11-16-29-15-4-5-19-32(29)34)45-43(46-42)38-25-12-24-36-35-21-8-9-26-39(35)47-40(36)38;32-31-34-29(33-30(35-31)28-18-7-6-17-26(28)21-10-2-1-3-11-21)24-15-8-14-23(20-24)27-19-9-13-22-12-4-5-16-25(22)27;14-13(15)10-6-3-5-9-8-4-1-2-7-11(8)16-12(9)10/h1-27H;1-20H;1-7,14-15H. The lowest BCUT2D eigenvalue weighted by Gasteiger charge is -2.13. The van der Waals surface area contributed by atoms with E-state index in [4.69, 9.17) is 31.5 Å². The molecule has 4 aromatic heterocycles. The third-order valence-corrected chi connectivity index (χ3v) is 20.2. The summed E-state index contributed by atoms with van der Waals surface area (Å²) in [6, 6.07) is 112. The third kappa shape index (κ3) is 12.3. The molecule has 0 aliphatic carbocycles. The molecule has 18 aromatic rings. The highest BCUT2D eigenvalue weighted by Gasteiger charge is 2.21. The number of hydrogen-bond acceptors (Lipinski definition) is 10. The fourth-order valence-corrected chi connectivity index (χ4v) is 15.5. The molecule has 14 aromatic carbocycles. The first-order chi connectivity index (χ1) is 48.3. The van der Waals surface area contributed by atoms with E-state index >= 15 is 0 Å². The van der Waals surface area contributed by atoms with Gasteiger partial charge in [-0.3, -0.25) is 0 Å². The summed E-state index contributed by atoms with van der Waals surface area (Å²) in [6.45, 7) is 0. The van der Waals surface area contributed by atoms with Crippen LogP contribution in [0.5, 0.6) is 0 Å². The molecular weight excluding hydrogens is 1260 g/mol. The van der Waals surface area contributed by atoms with Crippen LogP contribution in [0.3, 0.4) is 0 Å². The average Bonchev–Trinajstić information content (AvgIpc) is 1.50. The number of benzene rings is 14. The smallest absolute Gasteiger partial charge is 0.423 e. The zero-order valence-corrected chi connectivity index (χ0v) is 54.9. The summed E-state index contributed by atoms with van der Waals surface area (Å²) in [6.07, 6.45) is 0. The number of hydrogen-bond donors (Lipinski definition) is 2. The van der Waals surface area contributed by atoms with Crippen LogP contribution in [0.15, 0.2) is 328 Å². The molecule has 0 atom stereocenters. The van der Waals surface area contributed by atoms with Gasteiger partial charge in [0.05, 0.1) is 0 Å². The molecule has 0 bridgehead atoms. The third-order valence-electron chi connectivity index (χ3n) is 17.5. The normalized spacial score (nSPS) is 11.2.